The molecule has 0 aliphatic heterocycles. The smallest absolute Gasteiger partial charge is 0.255 e. The van der Waals surface area contributed by atoms with E-state index in [2.05, 4.69) is 41.7 Å². The molecule has 31 heavy (non-hydrogen) atoms. The number of nitrogens with one attached hydrogen (secondary N) is 1. The lowest BCUT2D eigenvalue weighted by molar-refractivity contribution is -0.119. The second-order valence-electron chi connectivity index (χ2n) is 7.84. The third kappa shape index (κ3) is 4.94. The van der Waals surface area contributed by atoms with Gasteiger partial charge in [0.25, 0.3) is 11.8 Å². The van der Waals surface area contributed by atoms with Gasteiger partial charge in [0.15, 0.2) is 6.61 Å². The molecule has 0 radical (unpaired) electrons. The third-order valence-corrected chi connectivity index (χ3v) is 5.76. The van der Waals surface area contributed by atoms with Gasteiger partial charge in [0.1, 0.15) is 5.75 Å². The fourth-order valence-electron chi connectivity index (χ4n) is 4.30. The van der Waals surface area contributed by atoms with Crippen molar-refractivity contribution in [1.29, 1.82) is 0 Å². The van der Waals surface area contributed by atoms with Crippen LogP contribution in [0.25, 0.3) is 0 Å². The molecule has 0 saturated carbocycles. The highest BCUT2D eigenvalue weighted by atomic mass is 16.5. The molecule has 0 aromatic heterocycles. The Morgan fingerprint density at radius 2 is 1.68 bits per heavy atom. The van der Waals surface area contributed by atoms with E-state index in [1.807, 2.05) is 18.2 Å². The average molecular weight is 415 g/mol. The summed E-state index contributed by atoms with van der Waals surface area (Å²) in [6, 6.07) is 25.3. The molecule has 5 nitrogen and oxygen atoms in total. The van der Waals surface area contributed by atoms with E-state index < -0.39 is 5.91 Å². The number of fused-ring (bicyclic) bond motifs is 1. The zero-order valence-electron chi connectivity index (χ0n) is 17.3. The highest BCUT2D eigenvalue weighted by molar-refractivity contribution is 5.94. The Bertz CT molecular complexity index is 1050. The number of aryl methyl sites for hydroxylation is 1. The number of carbonyl (C=O) groups excluding carboxylic acids is 2. The summed E-state index contributed by atoms with van der Waals surface area (Å²) in [7, 11) is 0. The molecule has 0 fully saturated rings. The predicted octanol–water partition coefficient (Wildman–Crippen LogP) is 4.14. The topological polar surface area (TPSA) is 81.4 Å². The number of nitrogens with two attached hydrogens (primary N) is 1. The fraction of sp³-hybridized carbons (Fsp3) is 0.231. The first-order valence-corrected chi connectivity index (χ1v) is 10.6. The van der Waals surface area contributed by atoms with Gasteiger partial charge in [-0.2, -0.15) is 0 Å². The summed E-state index contributed by atoms with van der Waals surface area (Å²) in [4.78, 5) is 24.0. The Hall–Kier alpha value is -3.60. The van der Waals surface area contributed by atoms with Gasteiger partial charge in [-0.15, -0.1) is 0 Å². The van der Waals surface area contributed by atoms with Crippen LogP contribution >= 0.6 is 0 Å². The Morgan fingerprint density at radius 1 is 0.968 bits per heavy atom. The normalized spacial score (nSPS) is 16.1. The number of primary amides is 1. The fourth-order valence-corrected chi connectivity index (χ4v) is 4.30. The van der Waals surface area contributed by atoms with Crippen molar-refractivity contribution < 1.29 is 14.3 Å². The standard InChI is InChI=1S/C26H26N2O3/c27-24(29)17-31-21-15-13-20(14-16-21)26(30)28-25(19-8-2-1-3-9-19)23-12-6-10-18-7-4-5-11-22(18)23/h1-5,7-9,11,13-16,23,25H,6,10,12,17H2,(H2,27,29)(H,28,30)/t23-,25-/m0/s1. The second-order valence-corrected chi connectivity index (χ2v) is 7.84. The van der Waals surface area contributed by atoms with E-state index in [0.29, 0.717) is 11.3 Å². The number of amides is 2. The Balaban J connectivity index is 1.58. The number of hydrogen-bond acceptors (Lipinski definition) is 3. The molecule has 0 unspecified atom stereocenters. The molecule has 2 atom stereocenters. The molecule has 0 saturated heterocycles. The number of carbonyl (C=O) groups is 2. The first-order valence-electron chi connectivity index (χ1n) is 10.6. The van der Waals surface area contributed by atoms with E-state index in [1.165, 1.54) is 11.1 Å². The number of ether oxygens (including phenoxy) is 1. The lowest BCUT2D eigenvalue weighted by atomic mass is 9.76. The van der Waals surface area contributed by atoms with Crippen molar-refractivity contribution in [3.63, 3.8) is 0 Å². The van der Waals surface area contributed by atoms with Gasteiger partial charge in [-0.05, 0) is 60.2 Å². The van der Waals surface area contributed by atoms with E-state index in [0.717, 1.165) is 24.8 Å². The van der Waals surface area contributed by atoms with E-state index in [4.69, 9.17) is 10.5 Å². The largest absolute Gasteiger partial charge is 0.484 e. The van der Waals surface area contributed by atoms with Crippen LogP contribution in [-0.4, -0.2) is 18.4 Å². The first kappa shape index (κ1) is 20.7. The Morgan fingerprint density at radius 3 is 2.42 bits per heavy atom. The van der Waals surface area contributed by atoms with Crippen molar-refractivity contribution in [3.05, 3.63) is 101 Å². The lowest BCUT2D eigenvalue weighted by Crippen LogP contribution is -2.34. The van der Waals surface area contributed by atoms with E-state index in [1.54, 1.807) is 24.3 Å². The van der Waals surface area contributed by atoms with Crippen LogP contribution in [0.1, 0.15) is 51.8 Å². The van der Waals surface area contributed by atoms with Crippen LogP contribution in [-0.2, 0) is 11.2 Å². The van der Waals surface area contributed by atoms with Gasteiger partial charge >= 0.3 is 0 Å². The molecule has 3 N–H and O–H groups in total. The third-order valence-electron chi connectivity index (χ3n) is 5.76. The predicted molar refractivity (Wildman–Crippen MR) is 120 cm³/mol. The second kappa shape index (κ2) is 9.47. The van der Waals surface area contributed by atoms with E-state index in [-0.39, 0.29) is 24.5 Å². The summed E-state index contributed by atoms with van der Waals surface area (Å²) in [6.45, 7) is -0.192. The van der Waals surface area contributed by atoms with Gasteiger partial charge in [-0.3, -0.25) is 9.59 Å². The van der Waals surface area contributed by atoms with Crippen LogP contribution in [0, 0.1) is 0 Å². The Labute approximate surface area is 182 Å². The van der Waals surface area contributed by atoms with Crippen molar-refractivity contribution in [3.8, 4) is 5.75 Å². The van der Waals surface area contributed by atoms with Crippen LogP contribution in [0.3, 0.4) is 0 Å². The molecule has 0 heterocycles. The molecule has 2 amide bonds. The van der Waals surface area contributed by atoms with Crippen molar-refractivity contribution in [2.45, 2.75) is 31.2 Å². The minimum Gasteiger partial charge on any atom is -0.484 e. The van der Waals surface area contributed by atoms with Gasteiger partial charge < -0.3 is 15.8 Å². The highest BCUT2D eigenvalue weighted by Gasteiger charge is 2.30. The molecule has 1 aliphatic rings. The minimum absolute atomic E-state index is 0.124. The molecule has 3 aromatic rings. The molecule has 0 bridgehead atoms. The summed E-state index contributed by atoms with van der Waals surface area (Å²) in [6.07, 6.45) is 3.21. The van der Waals surface area contributed by atoms with Gasteiger partial charge in [0.2, 0.25) is 0 Å². The summed E-state index contributed by atoms with van der Waals surface area (Å²) in [5, 5.41) is 3.28. The maximum absolute atomic E-state index is 13.1. The zero-order chi connectivity index (χ0) is 21.6. The first-order chi connectivity index (χ1) is 15.1. The Kier molecular flexibility index (Phi) is 6.32. The van der Waals surface area contributed by atoms with Crippen molar-refractivity contribution in [1.82, 2.24) is 5.32 Å². The SMILES string of the molecule is NC(=O)COc1ccc(C(=O)N[C@@H](c2ccccc2)[C@H]2CCCc3ccccc32)cc1. The maximum atomic E-state index is 13.1. The van der Waals surface area contributed by atoms with Gasteiger partial charge in [0.05, 0.1) is 6.04 Å². The van der Waals surface area contributed by atoms with Crippen molar-refractivity contribution in [2.75, 3.05) is 6.61 Å². The number of rotatable bonds is 7. The number of hydrogen-bond donors (Lipinski definition) is 2. The molecule has 4 rings (SSSR count). The molecule has 3 aromatic carbocycles. The van der Waals surface area contributed by atoms with Crippen LogP contribution < -0.4 is 15.8 Å². The maximum Gasteiger partial charge on any atom is 0.255 e. The van der Waals surface area contributed by atoms with E-state index >= 15 is 0 Å². The summed E-state index contributed by atoms with van der Waals surface area (Å²) in [5.74, 6) is 0.0317. The minimum atomic E-state index is -0.541. The molecule has 0 spiro atoms. The van der Waals surface area contributed by atoms with Crippen LogP contribution in [0.4, 0.5) is 0 Å². The van der Waals surface area contributed by atoms with Gasteiger partial charge in [-0.1, -0.05) is 54.6 Å². The molecule has 1 aliphatic carbocycles. The molecule has 5 heteroatoms. The highest BCUT2D eigenvalue weighted by Crippen LogP contribution is 2.40. The molecular formula is C26H26N2O3. The van der Waals surface area contributed by atoms with Crippen LogP contribution in [0.5, 0.6) is 5.75 Å². The van der Waals surface area contributed by atoms with E-state index in [9.17, 15) is 9.59 Å². The number of benzene rings is 3. The van der Waals surface area contributed by atoms with Crippen LogP contribution in [0.2, 0.25) is 0 Å². The van der Waals surface area contributed by atoms with Crippen molar-refractivity contribution in [2.24, 2.45) is 5.73 Å². The summed E-state index contributed by atoms with van der Waals surface area (Å²) < 4.78 is 5.28. The average Bonchev–Trinajstić information content (AvgIpc) is 2.81. The quantitative estimate of drug-likeness (QED) is 0.610. The van der Waals surface area contributed by atoms with Crippen molar-refractivity contribution >= 4 is 11.8 Å². The van der Waals surface area contributed by atoms with Crippen LogP contribution in [0.15, 0.2) is 78.9 Å². The lowest BCUT2D eigenvalue weighted by Gasteiger charge is -2.33. The molecular weight excluding hydrogens is 388 g/mol. The zero-order valence-corrected chi connectivity index (χ0v) is 17.3. The summed E-state index contributed by atoms with van der Waals surface area (Å²) in [5.41, 5.74) is 9.42. The summed E-state index contributed by atoms with van der Waals surface area (Å²) >= 11 is 0. The molecule has 158 valence electrons. The van der Waals surface area contributed by atoms with Gasteiger partial charge in [-0.25, -0.2) is 0 Å². The monoisotopic (exact) mass is 414 g/mol. The van der Waals surface area contributed by atoms with Gasteiger partial charge in [0, 0.05) is 11.5 Å².